The van der Waals surface area contributed by atoms with Crippen molar-refractivity contribution in [2.45, 2.75) is 64.8 Å². The van der Waals surface area contributed by atoms with Crippen LogP contribution >= 0.6 is 0 Å². The Balaban J connectivity index is 2.53. The number of carbonyl (C=O) groups is 4. The van der Waals surface area contributed by atoms with Gasteiger partial charge < -0.3 is 25.0 Å². The van der Waals surface area contributed by atoms with Crippen molar-refractivity contribution in [1.29, 1.82) is 0 Å². The fourth-order valence-electron chi connectivity index (χ4n) is 3.89. The number of rotatable bonds is 10. The summed E-state index contributed by atoms with van der Waals surface area (Å²) in [5.74, 6) is 0.797. The Hall–Kier alpha value is -4.32. The van der Waals surface area contributed by atoms with Crippen LogP contribution in [0.3, 0.4) is 0 Å². The molecule has 0 saturated carbocycles. The summed E-state index contributed by atoms with van der Waals surface area (Å²) >= 11 is 0. The molecular weight excluding hydrogens is 498 g/mol. The summed E-state index contributed by atoms with van der Waals surface area (Å²) in [5.41, 5.74) is 1.11. The Labute approximate surface area is 230 Å². The summed E-state index contributed by atoms with van der Waals surface area (Å²) in [5, 5.41) is 5.25. The highest BCUT2D eigenvalue weighted by atomic mass is 16.6. The van der Waals surface area contributed by atoms with E-state index in [1.54, 1.807) is 58.9 Å². The fraction of sp³-hybridized carbons (Fsp3) is 0.400. The standard InChI is InChI=1S/C30H37N3O6/c1-8-21-14-16-23(17-15-21)26(27(35)31-19-25(34)38-7)33(20(2)3)28(36)24(18-22-12-10-9-11-13-22)32-29(37)39-30(4,5)6/h1,9-17,20,24,26H,18-19H2,2-7H3,(H,31,35)(H,32,37). The molecule has 9 heteroatoms. The Bertz CT molecular complexity index is 1180. The number of alkyl carbamates (subject to hydrolysis) is 1. The van der Waals surface area contributed by atoms with Gasteiger partial charge in [-0.2, -0.15) is 0 Å². The summed E-state index contributed by atoms with van der Waals surface area (Å²) in [7, 11) is 1.21. The number of nitrogens with zero attached hydrogens (tertiary/aromatic N) is 1. The highest BCUT2D eigenvalue weighted by Gasteiger charge is 2.38. The molecule has 3 amide bonds. The van der Waals surface area contributed by atoms with Gasteiger partial charge in [0.1, 0.15) is 24.2 Å². The predicted octanol–water partition coefficient (Wildman–Crippen LogP) is 3.37. The molecule has 2 rings (SSSR count). The smallest absolute Gasteiger partial charge is 0.408 e. The predicted molar refractivity (Wildman–Crippen MR) is 147 cm³/mol. The molecule has 39 heavy (non-hydrogen) atoms. The average molecular weight is 536 g/mol. The first-order valence-corrected chi connectivity index (χ1v) is 12.6. The Kier molecular flexibility index (Phi) is 11.1. The summed E-state index contributed by atoms with van der Waals surface area (Å²) in [6.45, 7) is 8.33. The van der Waals surface area contributed by atoms with Crippen LogP contribution in [-0.4, -0.2) is 60.1 Å². The Morgan fingerprint density at radius 1 is 1.00 bits per heavy atom. The van der Waals surface area contributed by atoms with E-state index in [2.05, 4.69) is 21.3 Å². The largest absolute Gasteiger partial charge is 0.468 e. The van der Waals surface area contributed by atoms with Crippen LogP contribution in [0.2, 0.25) is 0 Å². The van der Waals surface area contributed by atoms with Crippen LogP contribution in [-0.2, 0) is 30.3 Å². The number of ether oxygens (including phenoxy) is 2. The second-order valence-electron chi connectivity index (χ2n) is 10.2. The minimum Gasteiger partial charge on any atom is -0.468 e. The van der Waals surface area contributed by atoms with Gasteiger partial charge in [-0.1, -0.05) is 48.4 Å². The first-order chi connectivity index (χ1) is 18.4. The lowest BCUT2D eigenvalue weighted by Crippen LogP contribution is -2.56. The molecule has 0 saturated heterocycles. The third-order valence-corrected chi connectivity index (χ3v) is 5.64. The monoisotopic (exact) mass is 535 g/mol. The molecule has 0 aliphatic carbocycles. The lowest BCUT2D eigenvalue weighted by atomic mass is 9.98. The molecule has 208 valence electrons. The number of terminal acetylenes is 1. The molecule has 0 heterocycles. The van der Waals surface area contributed by atoms with Gasteiger partial charge in [0.2, 0.25) is 11.8 Å². The number of amides is 3. The molecule has 0 radical (unpaired) electrons. The van der Waals surface area contributed by atoms with E-state index in [-0.39, 0.29) is 13.0 Å². The molecule has 0 bridgehead atoms. The molecule has 2 unspecified atom stereocenters. The van der Waals surface area contributed by atoms with Gasteiger partial charge in [-0.25, -0.2) is 4.79 Å². The van der Waals surface area contributed by atoms with Crippen LogP contribution < -0.4 is 10.6 Å². The molecule has 0 aliphatic rings. The number of esters is 1. The van der Waals surface area contributed by atoms with Gasteiger partial charge in [-0.05, 0) is 57.9 Å². The van der Waals surface area contributed by atoms with Crippen LogP contribution in [0.4, 0.5) is 4.79 Å². The van der Waals surface area contributed by atoms with Crippen LogP contribution in [0.25, 0.3) is 0 Å². The van der Waals surface area contributed by atoms with E-state index in [1.807, 2.05) is 30.3 Å². The van der Waals surface area contributed by atoms with Crippen molar-refractivity contribution in [3.8, 4) is 12.3 Å². The number of carbonyl (C=O) groups excluding carboxylic acids is 4. The second-order valence-corrected chi connectivity index (χ2v) is 10.2. The zero-order valence-electron chi connectivity index (χ0n) is 23.3. The van der Waals surface area contributed by atoms with E-state index in [9.17, 15) is 19.2 Å². The van der Waals surface area contributed by atoms with Crippen molar-refractivity contribution in [3.05, 3.63) is 71.3 Å². The number of nitrogens with one attached hydrogen (secondary N) is 2. The number of methoxy groups -OCH3 is 1. The normalized spacial score (nSPS) is 12.5. The molecule has 0 fully saturated rings. The minimum atomic E-state index is -1.13. The molecule has 9 nitrogen and oxygen atoms in total. The molecule has 2 aromatic carbocycles. The third kappa shape index (κ3) is 9.49. The summed E-state index contributed by atoms with van der Waals surface area (Å²) in [6.07, 6.45) is 4.90. The molecule has 2 aromatic rings. The lowest BCUT2D eigenvalue weighted by molar-refractivity contribution is -0.146. The topological polar surface area (TPSA) is 114 Å². The van der Waals surface area contributed by atoms with E-state index in [4.69, 9.17) is 11.2 Å². The average Bonchev–Trinajstić information content (AvgIpc) is 2.88. The zero-order chi connectivity index (χ0) is 29.2. The van der Waals surface area contributed by atoms with Gasteiger partial charge in [0.15, 0.2) is 0 Å². The highest BCUT2D eigenvalue weighted by Crippen LogP contribution is 2.26. The van der Waals surface area contributed by atoms with Gasteiger partial charge in [-0.3, -0.25) is 14.4 Å². The number of benzene rings is 2. The first-order valence-electron chi connectivity index (χ1n) is 12.6. The maximum absolute atomic E-state index is 14.2. The van der Waals surface area contributed by atoms with Crippen molar-refractivity contribution in [2.75, 3.05) is 13.7 Å². The molecule has 0 aromatic heterocycles. The molecule has 2 N–H and O–H groups in total. The van der Waals surface area contributed by atoms with E-state index in [0.29, 0.717) is 11.1 Å². The van der Waals surface area contributed by atoms with Crippen LogP contribution in [0.1, 0.15) is 57.4 Å². The second kappa shape index (κ2) is 14.0. The quantitative estimate of drug-likeness (QED) is 0.356. The zero-order valence-corrected chi connectivity index (χ0v) is 23.3. The summed E-state index contributed by atoms with van der Waals surface area (Å²) in [4.78, 5) is 53.6. The van der Waals surface area contributed by atoms with E-state index in [1.165, 1.54) is 12.0 Å². The van der Waals surface area contributed by atoms with Gasteiger partial charge >= 0.3 is 12.1 Å². The van der Waals surface area contributed by atoms with Crippen molar-refractivity contribution in [1.82, 2.24) is 15.5 Å². The highest BCUT2D eigenvalue weighted by molar-refractivity contribution is 5.93. The SMILES string of the molecule is C#Cc1ccc(C(C(=O)NCC(=O)OC)N(C(=O)C(Cc2ccccc2)NC(=O)OC(C)(C)C)C(C)C)cc1. The third-order valence-electron chi connectivity index (χ3n) is 5.64. The van der Waals surface area contributed by atoms with Crippen molar-refractivity contribution in [2.24, 2.45) is 0 Å². The van der Waals surface area contributed by atoms with Crippen molar-refractivity contribution < 1.29 is 28.7 Å². The van der Waals surface area contributed by atoms with Crippen LogP contribution in [0.5, 0.6) is 0 Å². The van der Waals surface area contributed by atoms with Gasteiger partial charge in [-0.15, -0.1) is 6.42 Å². The van der Waals surface area contributed by atoms with Crippen LogP contribution in [0.15, 0.2) is 54.6 Å². The Morgan fingerprint density at radius 3 is 2.13 bits per heavy atom. The fourth-order valence-corrected chi connectivity index (χ4v) is 3.89. The first kappa shape index (κ1) is 30.9. The van der Waals surface area contributed by atoms with Crippen molar-refractivity contribution in [3.63, 3.8) is 0 Å². The van der Waals surface area contributed by atoms with Crippen molar-refractivity contribution >= 4 is 23.9 Å². The Morgan fingerprint density at radius 2 is 1.62 bits per heavy atom. The van der Waals surface area contributed by atoms with Crippen LogP contribution in [0, 0.1) is 12.3 Å². The maximum Gasteiger partial charge on any atom is 0.408 e. The van der Waals surface area contributed by atoms with Gasteiger partial charge in [0.05, 0.1) is 7.11 Å². The summed E-state index contributed by atoms with van der Waals surface area (Å²) < 4.78 is 10.1. The molecule has 0 aliphatic heterocycles. The molecule has 2 atom stereocenters. The van der Waals surface area contributed by atoms with Gasteiger partial charge in [0.25, 0.3) is 0 Å². The number of hydrogen-bond donors (Lipinski definition) is 2. The number of hydrogen-bond acceptors (Lipinski definition) is 6. The minimum absolute atomic E-state index is 0.161. The van der Waals surface area contributed by atoms with E-state index < -0.39 is 47.6 Å². The van der Waals surface area contributed by atoms with Gasteiger partial charge in [0, 0.05) is 18.0 Å². The maximum atomic E-state index is 14.2. The van der Waals surface area contributed by atoms with E-state index in [0.717, 1.165) is 5.56 Å². The summed E-state index contributed by atoms with van der Waals surface area (Å²) in [6, 6.07) is 13.2. The lowest BCUT2D eigenvalue weighted by Gasteiger charge is -2.37. The molecule has 0 spiro atoms. The van der Waals surface area contributed by atoms with E-state index >= 15 is 0 Å². The molecular formula is C30H37N3O6.